The van der Waals surface area contributed by atoms with E-state index in [4.69, 9.17) is 27.9 Å². The first-order valence-electron chi connectivity index (χ1n) is 8.83. The van der Waals surface area contributed by atoms with E-state index < -0.39 is 5.54 Å². The fourth-order valence-corrected chi connectivity index (χ4v) is 4.45. The quantitative estimate of drug-likeness (QED) is 0.631. The molecule has 5 heteroatoms. The zero-order chi connectivity index (χ0) is 19.9. The lowest BCUT2D eigenvalue weighted by Crippen LogP contribution is -2.47. The minimum Gasteiger partial charge on any atom is -0.494 e. The molecule has 0 aromatic heterocycles. The maximum Gasteiger partial charge on any atom is 0.255 e. The average Bonchev–Trinajstić information content (AvgIpc) is 2.85. The molecule has 0 spiro atoms. The largest absolute Gasteiger partial charge is 0.494 e. The average molecular weight is 404 g/mol. The van der Waals surface area contributed by atoms with Gasteiger partial charge in [-0.25, -0.2) is 0 Å². The Kier molecular flexibility index (Phi) is 5.29. The third-order valence-electron chi connectivity index (χ3n) is 5.41. The van der Waals surface area contributed by atoms with Crippen LogP contribution in [-0.4, -0.2) is 24.0 Å². The van der Waals surface area contributed by atoms with Gasteiger partial charge in [-0.05, 0) is 56.5 Å². The lowest BCUT2D eigenvalue weighted by molar-refractivity contribution is -0.130. The van der Waals surface area contributed by atoms with Gasteiger partial charge in [0.15, 0.2) is 5.75 Å². The van der Waals surface area contributed by atoms with Crippen molar-refractivity contribution in [2.75, 3.05) is 7.11 Å². The van der Waals surface area contributed by atoms with Gasteiger partial charge >= 0.3 is 0 Å². The van der Waals surface area contributed by atoms with Crippen molar-refractivity contribution >= 4 is 34.7 Å². The Morgan fingerprint density at radius 1 is 1.07 bits per heavy atom. The van der Waals surface area contributed by atoms with Crippen molar-refractivity contribution in [2.45, 2.75) is 39.3 Å². The zero-order valence-corrected chi connectivity index (χ0v) is 17.7. The summed E-state index contributed by atoms with van der Waals surface area (Å²) < 4.78 is 5.25. The topological polar surface area (TPSA) is 29.5 Å². The van der Waals surface area contributed by atoms with Gasteiger partial charge in [-0.15, -0.1) is 0 Å². The van der Waals surface area contributed by atoms with Gasteiger partial charge in [0.2, 0.25) is 0 Å². The molecule has 0 saturated heterocycles. The van der Waals surface area contributed by atoms with E-state index in [-0.39, 0.29) is 11.9 Å². The van der Waals surface area contributed by atoms with E-state index in [1.54, 1.807) is 0 Å². The summed E-state index contributed by atoms with van der Waals surface area (Å²) in [5.74, 6) is 0.456. The number of hydrogen-bond donors (Lipinski definition) is 0. The third-order valence-corrected chi connectivity index (χ3v) is 5.98. The molecule has 3 rings (SSSR count). The predicted molar refractivity (Wildman–Crippen MR) is 111 cm³/mol. The molecule has 2 aromatic rings. The van der Waals surface area contributed by atoms with Crippen molar-refractivity contribution in [3.8, 4) is 5.75 Å². The zero-order valence-electron chi connectivity index (χ0n) is 16.1. The second-order valence-corrected chi connectivity index (χ2v) is 8.12. The fourth-order valence-electron chi connectivity index (χ4n) is 3.81. The van der Waals surface area contributed by atoms with E-state index >= 15 is 0 Å². The van der Waals surface area contributed by atoms with Crippen LogP contribution in [0.1, 0.15) is 38.8 Å². The van der Waals surface area contributed by atoms with E-state index in [1.807, 2.05) is 68.1 Å². The van der Waals surface area contributed by atoms with Crippen LogP contribution in [0, 0.1) is 0 Å². The summed E-state index contributed by atoms with van der Waals surface area (Å²) in [6, 6.07) is 13.4. The van der Waals surface area contributed by atoms with Crippen LogP contribution >= 0.6 is 23.2 Å². The van der Waals surface area contributed by atoms with Gasteiger partial charge in [0.25, 0.3) is 5.91 Å². The molecule has 1 aliphatic heterocycles. The smallest absolute Gasteiger partial charge is 0.255 e. The highest BCUT2D eigenvalue weighted by Crippen LogP contribution is 2.44. The second-order valence-electron chi connectivity index (χ2n) is 7.31. The molecule has 142 valence electrons. The molecule has 1 unspecified atom stereocenters. The maximum absolute atomic E-state index is 13.4. The number of benzene rings is 2. The van der Waals surface area contributed by atoms with E-state index in [0.717, 1.165) is 22.3 Å². The summed E-state index contributed by atoms with van der Waals surface area (Å²) in [6.07, 6.45) is 0. The molecule has 3 nitrogen and oxygen atoms in total. The monoisotopic (exact) mass is 403 g/mol. The maximum atomic E-state index is 13.4. The number of nitrogens with zero attached hydrogens (tertiary/aromatic N) is 1. The molecule has 0 N–H and O–H groups in total. The SMILES string of the molecule is COc1c(Cl)cc(C(C)(C)N2C(=O)C(c3ccccc3)=C(C)C2C)cc1Cl. The molecule has 1 aliphatic rings. The first-order chi connectivity index (χ1) is 12.7. The molecule has 2 aromatic carbocycles. The van der Waals surface area contributed by atoms with E-state index in [9.17, 15) is 4.79 Å². The number of carbonyl (C=O) groups is 1. The lowest BCUT2D eigenvalue weighted by atomic mass is 9.90. The van der Waals surface area contributed by atoms with Gasteiger partial charge in [-0.3, -0.25) is 4.79 Å². The summed E-state index contributed by atoms with van der Waals surface area (Å²) in [4.78, 5) is 15.3. The molecule has 0 radical (unpaired) electrons. The number of amides is 1. The van der Waals surface area contributed by atoms with E-state index in [0.29, 0.717) is 15.8 Å². The van der Waals surface area contributed by atoms with Crippen LogP contribution in [-0.2, 0) is 10.3 Å². The highest BCUT2D eigenvalue weighted by Gasteiger charge is 2.44. The molecule has 1 amide bonds. The van der Waals surface area contributed by atoms with Gasteiger partial charge in [-0.1, -0.05) is 53.5 Å². The Labute approximate surface area is 170 Å². The molecular weight excluding hydrogens is 381 g/mol. The highest BCUT2D eigenvalue weighted by molar-refractivity contribution is 6.37. The lowest BCUT2D eigenvalue weighted by Gasteiger charge is -2.40. The minimum absolute atomic E-state index is 0.0132. The minimum atomic E-state index is -0.603. The number of ether oxygens (including phenoxy) is 1. The number of halogens is 2. The van der Waals surface area contributed by atoms with Crippen LogP contribution in [0.4, 0.5) is 0 Å². The predicted octanol–water partition coefficient (Wildman–Crippen LogP) is 5.94. The summed E-state index contributed by atoms with van der Waals surface area (Å²) in [7, 11) is 1.53. The van der Waals surface area contributed by atoms with Crippen LogP contribution in [0.15, 0.2) is 48.0 Å². The summed E-state index contributed by atoms with van der Waals surface area (Å²) in [5.41, 5.74) is 3.02. The molecule has 27 heavy (non-hydrogen) atoms. The van der Waals surface area contributed by atoms with Crippen LogP contribution in [0.3, 0.4) is 0 Å². The summed E-state index contributed by atoms with van der Waals surface area (Å²) in [5, 5.41) is 0.862. The second kappa shape index (κ2) is 7.21. The Morgan fingerprint density at radius 3 is 2.15 bits per heavy atom. The van der Waals surface area contributed by atoms with Crippen molar-refractivity contribution in [1.29, 1.82) is 0 Å². The van der Waals surface area contributed by atoms with E-state index in [1.165, 1.54) is 7.11 Å². The number of hydrogen-bond acceptors (Lipinski definition) is 2. The van der Waals surface area contributed by atoms with Crippen LogP contribution in [0.2, 0.25) is 10.0 Å². The van der Waals surface area contributed by atoms with Gasteiger partial charge in [-0.2, -0.15) is 0 Å². The molecule has 0 bridgehead atoms. The number of rotatable bonds is 4. The summed E-state index contributed by atoms with van der Waals surface area (Å²) >= 11 is 12.7. The Hall–Kier alpha value is -1.97. The van der Waals surface area contributed by atoms with Gasteiger partial charge in [0, 0.05) is 5.57 Å². The Balaban J connectivity index is 2.05. The molecular formula is C22H23Cl2NO2. The van der Waals surface area contributed by atoms with Crippen molar-refractivity contribution < 1.29 is 9.53 Å². The van der Waals surface area contributed by atoms with Crippen molar-refractivity contribution in [2.24, 2.45) is 0 Å². The van der Waals surface area contributed by atoms with Crippen LogP contribution < -0.4 is 4.74 Å². The summed E-state index contributed by atoms with van der Waals surface area (Å²) in [6.45, 7) is 8.10. The number of carbonyl (C=O) groups excluding carboxylic acids is 1. The standard InChI is InChI=1S/C22H23Cl2NO2/c1-13-14(2)25(21(26)19(13)15-9-7-6-8-10-15)22(3,4)16-11-17(23)20(27-5)18(24)12-16/h6-12,14H,1-5H3. The highest BCUT2D eigenvalue weighted by atomic mass is 35.5. The van der Waals surface area contributed by atoms with Gasteiger partial charge in [0.05, 0.1) is 28.7 Å². The van der Waals surface area contributed by atoms with Crippen LogP contribution in [0.5, 0.6) is 5.75 Å². The molecule has 1 atom stereocenters. The molecule has 0 saturated carbocycles. The van der Waals surface area contributed by atoms with Crippen molar-refractivity contribution in [3.05, 3.63) is 69.2 Å². The Bertz CT molecular complexity index is 896. The van der Waals surface area contributed by atoms with Gasteiger partial charge < -0.3 is 9.64 Å². The normalized spacial score (nSPS) is 17.7. The first-order valence-corrected chi connectivity index (χ1v) is 9.59. The number of methoxy groups -OCH3 is 1. The van der Waals surface area contributed by atoms with Gasteiger partial charge in [0.1, 0.15) is 0 Å². The Morgan fingerprint density at radius 2 is 1.63 bits per heavy atom. The molecule has 0 aliphatic carbocycles. The van der Waals surface area contributed by atoms with Crippen molar-refractivity contribution in [1.82, 2.24) is 4.90 Å². The first kappa shape index (κ1) is 19.8. The molecule has 1 heterocycles. The third kappa shape index (κ3) is 3.24. The molecule has 0 fully saturated rings. The fraction of sp³-hybridized carbons (Fsp3) is 0.318. The van der Waals surface area contributed by atoms with E-state index in [2.05, 4.69) is 6.92 Å². The van der Waals surface area contributed by atoms with Crippen molar-refractivity contribution in [3.63, 3.8) is 0 Å². The van der Waals surface area contributed by atoms with Crippen LogP contribution in [0.25, 0.3) is 5.57 Å².